The summed E-state index contributed by atoms with van der Waals surface area (Å²) in [6.07, 6.45) is 46.5. The average Bonchev–Trinajstić information content (AvgIpc) is 3.89. The number of aliphatic hydroxyl groups excluding tert-OH is 1. The van der Waals surface area contributed by atoms with E-state index in [1.54, 1.807) is 0 Å². The van der Waals surface area contributed by atoms with E-state index in [-0.39, 0.29) is 18.8 Å². The van der Waals surface area contributed by atoms with Crippen molar-refractivity contribution in [2.45, 2.75) is 263 Å². The van der Waals surface area contributed by atoms with Crippen LogP contribution in [-0.4, -0.2) is 131 Å². The zero-order chi connectivity index (χ0) is 47.2. The monoisotopic (exact) mass is 959 g/mol. The molecule has 0 saturated carbocycles. The minimum atomic E-state index is -2.95. The molecule has 0 aliphatic carbocycles. The SMILES string of the molecule is CCCCCCCCCCCCCCCCCC[N+](C)(C)CCC[Si]1(OCC2CO[Si](CCC[N+](C)(C)CCCCCCCCCCCCCCCCCC)(OCC)O2)OCC(CO)O1. The average molecular weight is 960 g/mol. The Kier molecular flexibility index (Phi) is 36.5. The third-order valence-corrected chi connectivity index (χ3v) is 20.3. The highest BCUT2D eigenvalue weighted by Crippen LogP contribution is 2.31. The lowest BCUT2D eigenvalue weighted by Gasteiger charge is -2.32. The van der Waals surface area contributed by atoms with Gasteiger partial charge in [-0.2, -0.15) is 0 Å². The number of aliphatic hydroxyl groups is 1. The van der Waals surface area contributed by atoms with Gasteiger partial charge in [-0.1, -0.05) is 194 Å². The lowest BCUT2D eigenvalue weighted by atomic mass is 10.0. The van der Waals surface area contributed by atoms with Gasteiger partial charge in [-0.3, -0.25) is 0 Å². The summed E-state index contributed by atoms with van der Waals surface area (Å²) in [7, 11) is 3.74. The normalized spacial score (nSPS) is 21.6. The summed E-state index contributed by atoms with van der Waals surface area (Å²) in [5, 5.41) is 9.92. The van der Waals surface area contributed by atoms with E-state index in [1.165, 1.54) is 219 Å². The minimum Gasteiger partial charge on any atom is -0.394 e. The van der Waals surface area contributed by atoms with Gasteiger partial charge in [0.15, 0.2) is 0 Å². The number of quaternary nitrogens is 2. The maximum Gasteiger partial charge on any atom is 0.501 e. The lowest BCUT2D eigenvalue weighted by molar-refractivity contribution is -0.890. The first-order valence-electron chi connectivity index (χ1n) is 28.7. The number of unbranched alkanes of at least 4 members (excludes halogenated alkanes) is 30. The van der Waals surface area contributed by atoms with Crippen LogP contribution in [0.2, 0.25) is 12.1 Å². The Balaban J connectivity index is 1.59. The Morgan fingerprint density at radius 1 is 0.400 bits per heavy atom. The van der Waals surface area contributed by atoms with Crippen molar-refractivity contribution in [2.24, 2.45) is 0 Å². The highest BCUT2D eigenvalue weighted by atomic mass is 28.4. The van der Waals surface area contributed by atoms with Crippen LogP contribution in [0.1, 0.15) is 239 Å². The fraction of sp³-hybridized carbons (Fsp3) is 1.00. The van der Waals surface area contributed by atoms with Crippen molar-refractivity contribution < 1.29 is 40.6 Å². The van der Waals surface area contributed by atoms with Crippen LogP contribution in [0.4, 0.5) is 0 Å². The van der Waals surface area contributed by atoms with Crippen molar-refractivity contribution in [2.75, 3.05) is 87.4 Å². The molecule has 2 aliphatic rings. The molecule has 0 spiro atoms. The zero-order valence-corrected chi connectivity index (χ0v) is 46.8. The molecule has 0 radical (unpaired) electrons. The smallest absolute Gasteiger partial charge is 0.394 e. The molecule has 0 aromatic rings. The van der Waals surface area contributed by atoms with Gasteiger partial charge in [-0.05, 0) is 32.6 Å². The summed E-state index contributed by atoms with van der Waals surface area (Å²) in [5.41, 5.74) is 0. The number of rotatable bonds is 48. The molecule has 11 heteroatoms. The molecule has 2 rings (SSSR count). The van der Waals surface area contributed by atoms with Gasteiger partial charge in [-0.25, -0.2) is 0 Å². The van der Waals surface area contributed by atoms with Gasteiger partial charge in [0.2, 0.25) is 0 Å². The molecule has 2 saturated heterocycles. The third-order valence-electron chi connectivity index (χ3n) is 14.5. The molecule has 1 N–H and O–H groups in total. The van der Waals surface area contributed by atoms with Crippen LogP contribution >= 0.6 is 0 Å². The number of hydrogen-bond acceptors (Lipinski definition) is 7. The van der Waals surface area contributed by atoms with Crippen LogP contribution < -0.4 is 0 Å². The molecule has 65 heavy (non-hydrogen) atoms. The van der Waals surface area contributed by atoms with Gasteiger partial charge in [0.05, 0.1) is 93.0 Å². The van der Waals surface area contributed by atoms with E-state index in [4.69, 9.17) is 26.6 Å². The maximum absolute atomic E-state index is 9.92. The first kappa shape index (κ1) is 61.2. The van der Waals surface area contributed by atoms with Crippen LogP contribution in [0.15, 0.2) is 0 Å². The molecule has 4 atom stereocenters. The minimum absolute atomic E-state index is 0.0450. The predicted octanol–water partition coefficient (Wildman–Crippen LogP) is 14.2. The van der Waals surface area contributed by atoms with E-state index in [0.717, 1.165) is 47.0 Å². The highest BCUT2D eigenvalue weighted by Gasteiger charge is 2.52. The first-order chi connectivity index (χ1) is 31.5. The van der Waals surface area contributed by atoms with Crippen LogP contribution in [0.3, 0.4) is 0 Å². The second-order valence-electron chi connectivity index (χ2n) is 22.0. The van der Waals surface area contributed by atoms with E-state index in [1.807, 2.05) is 6.92 Å². The standard InChI is InChI=1S/C54H114N2O7Si2/c1-8-11-13-15-17-19-21-23-25-27-29-31-33-35-37-39-43-55(4,5)45-41-47-64(58-10-3)60-51-54(63-64)52-61-65(59-50-53(49-57)62-65)48-42-46-56(6,7)44-40-38-36-34-32-30-28-26-24-22-20-18-16-14-12-9-2/h53-54,57H,8-52H2,1-7H3/q+2. The maximum atomic E-state index is 9.92. The molecule has 9 nitrogen and oxygen atoms in total. The van der Waals surface area contributed by atoms with Crippen molar-refractivity contribution in [1.82, 2.24) is 0 Å². The molecule has 4 unspecified atom stereocenters. The molecule has 0 aromatic heterocycles. The number of nitrogens with zero attached hydrogens (tertiary/aromatic N) is 2. The Hall–Kier alpha value is 0.0738. The fourth-order valence-corrected chi connectivity index (χ4v) is 15.6. The quantitative estimate of drug-likeness (QED) is 0.0370. The van der Waals surface area contributed by atoms with Crippen LogP contribution in [0.25, 0.3) is 0 Å². The van der Waals surface area contributed by atoms with Gasteiger partial charge in [0.25, 0.3) is 0 Å². The van der Waals surface area contributed by atoms with Gasteiger partial charge in [0, 0.05) is 31.5 Å². The summed E-state index contributed by atoms with van der Waals surface area (Å²) in [6.45, 7) is 13.0. The largest absolute Gasteiger partial charge is 0.501 e. The lowest BCUT2D eigenvalue weighted by Crippen LogP contribution is -2.47. The van der Waals surface area contributed by atoms with Crippen molar-refractivity contribution >= 4 is 17.6 Å². The second kappa shape index (κ2) is 38.8. The zero-order valence-electron chi connectivity index (χ0n) is 44.8. The van der Waals surface area contributed by atoms with Gasteiger partial charge in [-0.15, -0.1) is 0 Å². The Morgan fingerprint density at radius 3 is 1.02 bits per heavy atom. The van der Waals surface area contributed by atoms with Crippen molar-refractivity contribution in [3.8, 4) is 0 Å². The van der Waals surface area contributed by atoms with Gasteiger partial charge in [0.1, 0.15) is 0 Å². The molecular weight excluding hydrogens is 845 g/mol. The van der Waals surface area contributed by atoms with E-state index >= 15 is 0 Å². The molecule has 0 aromatic carbocycles. The van der Waals surface area contributed by atoms with Crippen LogP contribution in [0, 0.1) is 0 Å². The molecule has 388 valence electrons. The molecular formula is C54H114N2O7Si2+2. The summed E-state index contributed by atoms with van der Waals surface area (Å²) < 4.78 is 40.7. The van der Waals surface area contributed by atoms with Crippen molar-refractivity contribution in [1.29, 1.82) is 0 Å². The number of hydrogen-bond donors (Lipinski definition) is 1. The molecule has 0 amide bonds. The van der Waals surface area contributed by atoms with Crippen LogP contribution in [0.5, 0.6) is 0 Å². The highest BCUT2D eigenvalue weighted by molar-refractivity contribution is 6.62. The van der Waals surface area contributed by atoms with Crippen LogP contribution in [-0.2, 0) is 26.6 Å². The third kappa shape index (κ3) is 31.8. The molecule has 0 bridgehead atoms. The summed E-state index contributed by atoms with van der Waals surface area (Å²) in [6, 6.07) is 1.60. The Morgan fingerprint density at radius 2 is 0.692 bits per heavy atom. The Labute approximate surface area is 407 Å². The predicted molar refractivity (Wildman–Crippen MR) is 279 cm³/mol. The summed E-state index contributed by atoms with van der Waals surface area (Å²) in [5.74, 6) is 0. The van der Waals surface area contributed by atoms with E-state index in [0.29, 0.717) is 26.4 Å². The summed E-state index contributed by atoms with van der Waals surface area (Å²) >= 11 is 0. The first-order valence-corrected chi connectivity index (χ1v) is 32.5. The van der Waals surface area contributed by atoms with E-state index in [2.05, 4.69) is 42.0 Å². The summed E-state index contributed by atoms with van der Waals surface area (Å²) in [4.78, 5) is 0. The molecule has 2 aliphatic heterocycles. The fourth-order valence-electron chi connectivity index (χ4n) is 10.1. The second-order valence-corrected chi connectivity index (χ2v) is 27.3. The van der Waals surface area contributed by atoms with E-state index in [9.17, 15) is 5.11 Å². The van der Waals surface area contributed by atoms with Crippen molar-refractivity contribution in [3.63, 3.8) is 0 Å². The molecule has 2 fully saturated rings. The van der Waals surface area contributed by atoms with Gasteiger partial charge >= 0.3 is 17.6 Å². The topological polar surface area (TPSA) is 75.6 Å². The van der Waals surface area contributed by atoms with Gasteiger partial charge < -0.3 is 40.6 Å². The van der Waals surface area contributed by atoms with Crippen molar-refractivity contribution in [3.05, 3.63) is 0 Å². The van der Waals surface area contributed by atoms with E-state index < -0.39 is 17.6 Å². The Bertz CT molecular complexity index is 1080. The molecule has 2 heterocycles.